The molecule has 0 bridgehead atoms. The van der Waals surface area contributed by atoms with Crippen LogP contribution >= 0.6 is 0 Å². The number of hydrogen-bond donors (Lipinski definition) is 1. The second-order valence-corrected chi connectivity index (χ2v) is 4.00. The molecule has 0 saturated carbocycles. The summed E-state index contributed by atoms with van der Waals surface area (Å²) in [6.45, 7) is 9.14. The summed E-state index contributed by atoms with van der Waals surface area (Å²) >= 11 is 0. The zero-order valence-electron chi connectivity index (χ0n) is 10.9. The molecule has 96 valence electrons. The molecule has 0 aromatic carbocycles. The lowest BCUT2D eigenvalue weighted by atomic mass is 10.0. The van der Waals surface area contributed by atoms with Gasteiger partial charge in [-0.3, -0.25) is 4.79 Å². The van der Waals surface area contributed by atoms with Gasteiger partial charge >= 0.3 is 5.97 Å². The van der Waals surface area contributed by atoms with E-state index >= 15 is 0 Å². The van der Waals surface area contributed by atoms with Crippen LogP contribution in [0.25, 0.3) is 0 Å². The Kier molecular flexibility index (Phi) is 9.24. The van der Waals surface area contributed by atoms with E-state index < -0.39 is 0 Å². The van der Waals surface area contributed by atoms with Crippen LogP contribution in [0.4, 0.5) is 0 Å². The van der Waals surface area contributed by atoms with Crippen LogP contribution in [-0.4, -0.2) is 25.2 Å². The molecule has 0 fully saturated rings. The number of esters is 1. The van der Waals surface area contributed by atoms with Gasteiger partial charge in [-0.1, -0.05) is 34.1 Å². The first-order chi connectivity index (χ1) is 7.67. The van der Waals surface area contributed by atoms with Crippen LogP contribution in [0.5, 0.6) is 0 Å². The highest BCUT2D eigenvalue weighted by Crippen LogP contribution is 2.09. The standard InChI is InChI=1S/C12H25NO3/c1-5-8-15-12(14)11(10(4)7-3)13-16-9-6-2/h10-11,13H,5-9H2,1-4H3/t10-,11?/m0/s1. The summed E-state index contributed by atoms with van der Waals surface area (Å²) in [5.74, 6) is -0.00600. The van der Waals surface area contributed by atoms with Gasteiger partial charge in [-0.25, -0.2) is 0 Å². The minimum absolute atomic E-state index is 0.209. The highest BCUT2D eigenvalue weighted by molar-refractivity contribution is 5.75. The number of carbonyl (C=O) groups is 1. The van der Waals surface area contributed by atoms with Crippen molar-refractivity contribution in [3.05, 3.63) is 0 Å². The van der Waals surface area contributed by atoms with Crippen molar-refractivity contribution in [1.82, 2.24) is 5.48 Å². The fraction of sp³-hybridized carbons (Fsp3) is 0.917. The highest BCUT2D eigenvalue weighted by atomic mass is 16.6. The minimum Gasteiger partial charge on any atom is -0.464 e. The second kappa shape index (κ2) is 9.60. The van der Waals surface area contributed by atoms with Crippen molar-refractivity contribution in [2.24, 2.45) is 5.92 Å². The van der Waals surface area contributed by atoms with Crippen LogP contribution in [0.3, 0.4) is 0 Å². The van der Waals surface area contributed by atoms with Crippen molar-refractivity contribution < 1.29 is 14.4 Å². The molecule has 0 aromatic heterocycles. The van der Waals surface area contributed by atoms with Gasteiger partial charge in [-0.2, -0.15) is 5.48 Å². The first-order valence-electron chi connectivity index (χ1n) is 6.21. The van der Waals surface area contributed by atoms with Gasteiger partial charge in [0.05, 0.1) is 13.2 Å². The summed E-state index contributed by atoms with van der Waals surface area (Å²) < 4.78 is 5.13. The van der Waals surface area contributed by atoms with E-state index in [9.17, 15) is 4.79 Å². The number of nitrogens with one attached hydrogen (secondary N) is 1. The zero-order valence-corrected chi connectivity index (χ0v) is 10.9. The Hall–Kier alpha value is -0.610. The normalized spacial score (nSPS) is 14.5. The molecule has 4 heteroatoms. The number of carbonyl (C=O) groups excluding carboxylic acids is 1. The summed E-state index contributed by atoms with van der Waals surface area (Å²) in [7, 11) is 0. The molecule has 0 saturated heterocycles. The van der Waals surface area contributed by atoms with Crippen molar-refractivity contribution in [1.29, 1.82) is 0 Å². The summed E-state index contributed by atoms with van der Waals surface area (Å²) in [5, 5.41) is 0. The maximum Gasteiger partial charge on any atom is 0.325 e. The number of hydrogen-bond acceptors (Lipinski definition) is 4. The molecule has 0 amide bonds. The summed E-state index contributed by atoms with van der Waals surface area (Å²) in [4.78, 5) is 17.0. The minimum atomic E-state index is -0.358. The van der Waals surface area contributed by atoms with Crippen LogP contribution in [0.2, 0.25) is 0 Å². The molecule has 0 aliphatic rings. The van der Waals surface area contributed by atoms with E-state index in [2.05, 4.69) is 5.48 Å². The van der Waals surface area contributed by atoms with E-state index in [-0.39, 0.29) is 17.9 Å². The quantitative estimate of drug-likeness (QED) is 0.376. The molecular formula is C12H25NO3. The predicted molar refractivity (Wildman–Crippen MR) is 63.9 cm³/mol. The molecular weight excluding hydrogens is 206 g/mol. The fourth-order valence-electron chi connectivity index (χ4n) is 1.18. The van der Waals surface area contributed by atoms with Gasteiger partial charge in [0, 0.05) is 0 Å². The van der Waals surface area contributed by atoms with Crippen LogP contribution in [0, 0.1) is 5.92 Å². The molecule has 0 heterocycles. The fourth-order valence-corrected chi connectivity index (χ4v) is 1.18. The molecule has 0 radical (unpaired) electrons. The molecule has 4 nitrogen and oxygen atoms in total. The van der Waals surface area contributed by atoms with Crippen LogP contribution < -0.4 is 5.48 Å². The summed E-state index contributed by atoms with van der Waals surface area (Å²) in [6.07, 6.45) is 2.67. The van der Waals surface area contributed by atoms with Crippen molar-refractivity contribution in [2.75, 3.05) is 13.2 Å². The Labute approximate surface area is 98.6 Å². The van der Waals surface area contributed by atoms with Crippen molar-refractivity contribution in [2.45, 2.75) is 53.0 Å². The maximum absolute atomic E-state index is 11.7. The van der Waals surface area contributed by atoms with Gasteiger partial charge in [0.25, 0.3) is 0 Å². The Morgan fingerprint density at radius 2 is 1.81 bits per heavy atom. The molecule has 0 aliphatic heterocycles. The lowest BCUT2D eigenvalue weighted by Crippen LogP contribution is -2.43. The lowest BCUT2D eigenvalue weighted by molar-refractivity contribution is -0.153. The number of hydroxylamine groups is 1. The number of rotatable bonds is 9. The van der Waals surface area contributed by atoms with Crippen molar-refractivity contribution >= 4 is 5.97 Å². The van der Waals surface area contributed by atoms with E-state index in [0.717, 1.165) is 19.3 Å². The van der Waals surface area contributed by atoms with Gasteiger partial charge in [-0.15, -0.1) is 0 Å². The lowest BCUT2D eigenvalue weighted by Gasteiger charge is -2.22. The van der Waals surface area contributed by atoms with Crippen molar-refractivity contribution in [3.8, 4) is 0 Å². The van der Waals surface area contributed by atoms with Gasteiger partial charge in [0.15, 0.2) is 0 Å². The molecule has 0 aliphatic carbocycles. The summed E-state index contributed by atoms with van der Waals surface area (Å²) in [6, 6.07) is -0.358. The smallest absolute Gasteiger partial charge is 0.325 e. The average molecular weight is 231 g/mol. The van der Waals surface area contributed by atoms with E-state index in [1.54, 1.807) is 0 Å². The first-order valence-corrected chi connectivity index (χ1v) is 6.21. The Morgan fingerprint density at radius 1 is 1.19 bits per heavy atom. The topological polar surface area (TPSA) is 47.6 Å². The summed E-state index contributed by atoms with van der Waals surface area (Å²) in [5.41, 5.74) is 2.81. The average Bonchev–Trinajstić information content (AvgIpc) is 2.30. The Bertz CT molecular complexity index is 185. The SMILES string of the molecule is CCCONC(C(=O)OCCC)[C@@H](C)CC. The molecule has 1 N–H and O–H groups in total. The Morgan fingerprint density at radius 3 is 2.31 bits per heavy atom. The van der Waals surface area contributed by atoms with Gasteiger partial charge in [0.1, 0.15) is 6.04 Å². The maximum atomic E-state index is 11.7. The largest absolute Gasteiger partial charge is 0.464 e. The van der Waals surface area contributed by atoms with Gasteiger partial charge in [-0.05, 0) is 18.8 Å². The third-order valence-electron chi connectivity index (χ3n) is 2.43. The van der Waals surface area contributed by atoms with Gasteiger partial charge < -0.3 is 9.57 Å². The zero-order chi connectivity index (χ0) is 12.4. The molecule has 0 rings (SSSR count). The van der Waals surface area contributed by atoms with E-state index in [4.69, 9.17) is 9.57 Å². The predicted octanol–water partition coefficient (Wildman–Crippen LogP) is 2.29. The molecule has 2 atom stereocenters. The molecule has 16 heavy (non-hydrogen) atoms. The monoisotopic (exact) mass is 231 g/mol. The van der Waals surface area contributed by atoms with Crippen LogP contribution in [0.1, 0.15) is 47.0 Å². The highest BCUT2D eigenvalue weighted by Gasteiger charge is 2.25. The van der Waals surface area contributed by atoms with E-state index in [1.807, 2.05) is 27.7 Å². The third kappa shape index (κ3) is 6.08. The van der Waals surface area contributed by atoms with Gasteiger partial charge in [0.2, 0.25) is 0 Å². The Balaban J connectivity index is 4.12. The molecule has 0 spiro atoms. The first kappa shape index (κ1) is 15.4. The van der Waals surface area contributed by atoms with E-state index in [0.29, 0.717) is 13.2 Å². The molecule has 1 unspecified atom stereocenters. The second-order valence-electron chi connectivity index (χ2n) is 4.00. The van der Waals surface area contributed by atoms with Crippen LogP contribution in [-0.2, 0) is 14.4 Å². The van der Waals surface area contributed by atoms with E-state index in [1.165, 1.54) is 0 Å². The van der Waals surface area contributed by atoms with Crippen molar-refractivity contribution in [3.63, 3.8) is 0 Å². The third-order valence-corrected chi connectivity index (χ3v) is 2.43. The van der Waals surface area contributed by atoms with Crippen LogP contribution in [0.15, 0.2) is 0 Å². The number of ether oxygens (including phenoxy) is 1. The molecule has 0 aromatic rings.